The van der Waals surface area contributed by atoms with E-state index in [4.69, 9.17) is 5.73 Å². The van der Waals surface area contributed by atoms with Crippen LogP contribution in [0.3, 0.4) is 0 Å². The third kappa shape index (κ3) is 1.83. The second-order valence-electron chi connectivity index (χ2n) is 1.80. The topological polar surface area (TPSA) is 38.9 Å². The summed E-state index contributed by atoms with van der Waals surface area (Å²) in [6.45, 7) is 2.35. The average Bonchev–Trinajstić information content (AvgIpc) is 2.31. The highest BCUT2D eigenvalue weighted by Crippen LogP contribution is 2.05. The molecule has 0 spiro atoms. The maximum absolute atomic E-state index is 5.19. The summed E-state index contributed by atoms with van der Waals surface area (Å²) in [6.07, 6.45) is 0. The van der Waals surface area contributed by atoms with E-state index < -0.39 is 0 Å². The van der Waals surface area contributed by atoms with Crippen LogP contribution in [0.4, 0.5) is 0 Å². The summed E-state index contributed by atoms with van der Waals surface area (Å²) in [7, 11) is 0. The summed E-state index contributed by atoms with van der Waals surface area (Å²) >= 11 is 1.55. The van der Waals surface area contributed by atoms with E-state index >= 15 is 0 Å². The third-order valence-electron chi connectivity index (χ3n) is 0.916. The van der Waals surface area contributed by atoms with Crippen molar-refractivity contribution in [3.63, 3.8) is 0 Å². The first-order chi connectivity index (χ1) is 4.83. The molecule has 0 unspecified atom stereocenters. The second kappa shape index (κ2) is 3.35. The third-order valence-corrected chi connectivity index (χ3v) is 1.79. The van der Waals surface area contributed by atoms with Gasteiger partial charge in [-0.25, -0.2) is 4.98 Å². The fourth-order valence-electron chi connectivity index (χ4n) is 0.538. The molecule has 1 aromatic heterocycles. The second-order valence-corrected chi connectivity index (χ2v) is 2.66. The van der Waals surface area contributed by atoms with Crippen molar-refractivity contribution in [1.29, 1.82) is 0 Å². The molecule has 3 heteroatoms. The van der Waals surface area contributed by atoms with E-state index in [0.717, 1.165) is 10.7 Å². The fourth-order valence-corrected chi connectivity index (χ4v) is 1.20. The molecular formula is C7H8N2S. The lowest BCUT2D eigenvalue weighted by molar-refractivity contribution is 1.24. The van der Waals surface area contributed by atoms with Gasteiger partial charge in [-0.2, -0.15) is 0 Å². The van der Waals surface area contributed by atoms with Crippen LogP contribution in [0.5, 0.6) is 0 Å². The van der Waals surface area contributed by atoms with E-state index in [1.165, 1.54) is 0 Å². The Balaban J connectivity index is 2.76. The molecule has 1 heterocycles. The highest BCUT2D eigenvalue weighted by atomic mass is 32.1. The number of hydrogen-bond donors (Lipinski definition) is 1. The Morgan fingerprint density at radius 1 is 1.80 bits per heavy atom. The molecule has 10 heavy (non-hydrogen) atoms. The van der Waals surface area contributed by atoms with Crippen molar-refractivity contribution >= 4 is 11.3 Å². The molecule has 0 aliphatic carbocycles. The zero-order chi connectivity index (χ0) is 7.40. The van der Waals surface area contributed by atoms with E-state index in [-0.39, 0.29) is 0 Å². The van der Waals surface area contributed by atoms with E-state index in [0.29, 0.717) is 6.54 Å². The molecule has 0 saturated heterocycles. The molecular weight excluding hydrogens is 144 g/mol. The van der Waals surface area contributed by atoms with Gasteiger partial charge in [0.15, 0.2) is 5.01 Å². The van der Waals surface area contributed by atoms with Crippen molar-refractivity contribution in [1.82, 2.24) is 4.98 Å². The molecule has 2 N–H and O–H groups in total. The van der Waals surface area contributed by atoms with Crippen LogP contribution in [-0.4, -0.2) is 11.5 Å². The Morgan fingerprint density at radius 2 is 2.60 bits per heavy atom. The van der Waals surface area contributed by atoms with Crippen LogP contribution in [0.25, 0.3) is 0 Å². The molecule has 0 aromatic carbocycles. The SMILES string of the molecule is Cc1csc(C#CCN)n1. The minimum absolute atomic E-state index is 0.401. The van der Waals surface area contributed by atoms with Gasteiger partial charge in [0.25, 0.3) is 0 Å². The van der Waals surface area contributed by atoms with Gasteiger partial charge in [0, 0.05) is 11.1 Å². The number of hydrogen-bond acceptors (Lipinski definition) is 3. The minimum atomic E-state index is 0.401. The van der Waals surface area contributed by atoms with Crippen LogP contribution in [-0.2, 0) is 0 Å². The summed E-state index contributed by atoms with van der Waals surface area (Å²) in [6, 6.07) is 0. The molecule has 1 aromatic rings. The molecule has 0 atom stereocenters. The van der Waals surface area contributed by atoms with Gasteiger partial charge in [0.2, 0.25) is 0 Å². The number of aromatic nitrogens is 1. The molecule has 0 radical (unpaired) electrons. The summed E-state index contributed by atoms with van der Waals surface area (Å²) in [5, 5.41) is 2.82. The zero-order valence-electron chi connectivity index (χ0n) is 5.72. The monoisotopic (exact) mass is 152 g/mol. The Kier molecular flexibility index (Phi) is 2.43. The van der Waals surface area contributed by atoms with E-state index in [1.54, 1.807) is 11.3 Å². The van der Waals surface area contributed by atoms with Crippen molar-refractivity contribution in [2.75, 3.05) is 6.54 Å². The first-order valence-electron chi connectivity index (χ1n) is 2.94. The molecule has 0 aliphatic heterocycles. The van der Waals surface area contributed by atoms with E-state index in [2.05, 4.69) is 16.8 Å². The predicted molar refractivity (Wildman–Crippen MR) is 42.8 cm³/mol. The maximum atomic E-state index is 5.19. The number of rotatable bonds is 0. The summed E-state index contributed by atoms with van der Waals surface area (Å²) < 4.78 is 0. The van der Waals surface area contributed by atoms with Crippen molar-refractivity contribution in [3.8, 4) is 11.8 Å². The van der Waals surface area contributed by atoms with Gasteiger partial charge in [-0.05, 0) is 12.8 Å². The smallest absolute Gasteiger partial charge is 0.167 e. The Hall–Kier alpha value is -0.850. The molecule has 1 rings (SSSR count). The quantitative estimate of drug-likeness (QED) is 0.557. The summed E-state index contributed by atoms with van der Waals surface area (Å²) in [5.41, 5.74) is 6.21. The van der Waals surface area contributed by atoms with Crippen molar-refractivity contribution < 1.29 is 0 Å². The highest BCUT2D eigenvalue weighted by molar-refractivity contribution is 7.10. The molecule has 0 saturated carbocycles. The van der Waals surface area contributed by atoms with Crippen molar-refractivity contribution in [3.05, 3.63) is 16.1 Å². The number of nitrogens with zero attached hydrogens (tertiary/aromatic N) is 1. The Labute approximate surface area is 64.1 Å². The lowest BCUT2D eigenvalue weighted by Gasteiger charge is -1.74. The van der Waals surface area contributed by atoms with Gasteiger partial charge in [0.05, 0.1) is 6.54 Å². The molecule has 0 aliphatic rings. The van der Waals surface area contributed by atoms with Gasteiger partial charge < -0.3 is 5.73 Å². The highest BCUT2D eigenvalue weighted by Gasteiger charge is 1.90. The largest absolute Gasteiger partial charge is 0.320 e. The van der Waals surface area contributed by atoms with Crippen LogP contribution < -0.4 is 5.73 Å². The number of nitrogens with two attached hydrogens (primary N) is 1. The molecule has 2 nitrogen and oxygen atoms in total. The van der Waals surface area contributed by atoms with Gasteiger partial charge in [-0.15, -0.1) is 11.3 Å². The van der Waals surface area contributed by atoms with Crippen molar-refractivity contribution in [2.24, 2.45) is 5.73 Å². The van der Waals surface area contributed by atoms with E-state index in [1.807, 2.05) is 12.3 Å². The summed E-state index contributed by atoms with van der Waals surface area (Å²) in [5.74, 6) is 5.60. The lowest BCUT2D eigenvalue weighted by atomic mass is 10.5. The molecule has 0 bridgehead atoms. The van der Waals surface area contributed by atoms with Crippen LogP contribution in [0, 0.1) is 18.8 Å². The normalized spacial score (nSPS) is 8.60. The first kappa shape index (κ1) is 7.26. The molecule has 52 valence electrons. The zero-order valence-corrected chi connectivity index (χ0v) is 6.53. The van der Waals surface area contributed by atoms with Crippen molar-refractivity contribution in [2.45, 2.75) is 6.92 Å². The number of thiazole rings is 1. The standard InChI is InChI=1S/C7H8N2S/c1-6-5-10-7(9-6)3-2-4-8/h5H,4,8H2,1H3. The molecule has 0 fully saturated rings. The van der Waals surface area contributed by atoms with Crippen LogP contribution in [0.15, 0.2) is 5.38 Å². The lowest BCUT2D eigenvalue weighted by Crippen LogP contribution is -1.92. The van der Waals surface area contributed by atoms with E-state index in [9.17, 15) is 0 Å². The first-order valence-corrected chi connectivity index (χ1v) is 3.82. The van der Waals surface area contributed by atoms with Crippen LogP contribution in [0.2, 0.25) is 0 Å². The van der Waals surface area contributed by atoms with Gasteiger partial charge in [-0.1, -0.05) is 5.92 Å². The molecule has 0 amide bonds. The Bertz CT molecular complexity index is 267. The number of aryl methyl sites for hydroxylation is 1. The van der Waals surface area contributed by atoms with Crippen LogP contribution >= 0.6 is 11.3 Å². The maximum Gasteiger partial charge on any atom is 0.167 e. The average molecular weight is 152 g/mol. The Morgan fingerprint density at radius 3 is 3.10 bits per heavy atom. The summed E-state index contributed by atoms with van der Waals surface area (Å²) in [4.78, 5) is 4.14. The van der Waals surface area contributed by atoms with Gasteiger partial charge in [0.1, 0.15) is 0 Å². The van der Waals surface area contributed by atoms with Crippen LogP contribution in [0.1, 0.15) is 10.7 Å². The predicted octanol–water partition coefficient (Wildman–Crippen LogP) is 0.762. The van der Waals surface area contributed by atoms with Gasteiger partial charge >= 0.3 is 0 Å². The fraction of sp³-hybridized carbons (Fsp3) is 0.286. The van der Waals surface area contributed by atoms with Gasteiger partial charge in [-0.3, -0.25) is 0 Å². The minimum Gasteiger partial charge on any atom is -0.320 e.